The molecule has 0 spiro atoms. The van der Waals surface area contributed by atoms with Gasteiger partial charge < -0.3 is 20.4 Å². The zero-order chi connectivity index (χ0) is 28.5. The minimum absolute atomic E-state index is 0.0280. The van der Waals surface area contributed by atoms with E-state index < -0.39 is 46.8 Å². The van der Waals surface area contributed by atoms with Crippen molar-refractivity contribution in [2.24, 2.45) is 0 Å². The molecule has 0 fully saturated rings. The van der Waals surface area contributed by atoms with Crippen molar-refractivity contribution in [2.75, 3.05) is 23.4 Å². The molecule has 2 N–H and O–H groups in total. The van der Waals surface area contributed by atoms with Gasteiger partial charge in [0.05, 0.1) is 16.4 Å². The number of hydrogen-bond acceptors (Lipinski definition) is 4. The monoisotopic (exact) mass is 558 g/mol. The maximum Gasteiger partial charge on any atom is 0.252 e. The molecule has 1 aliphatic rings. The zero-order valence-electron chi connectivity index (χ0n) is 21.4. The van der Waals surface area contributed by atoms with Gasteiger partial charge in [0, 0.05) is 25.7 Å². The molecule has 1 atom stereocenters. The van der Waals surface area contributed by atoms with E-state index >= 15 is 0 Å². The predicted octanol–water partition coefficient (Wildman–Crippen LogP) is 4.43. The Kier molecular flexibility index (Phi) is 7.87. The van der Waals surface area contributed by atoms with Crippen LogP contribution in [-0.2, 0) is 16.1 Å². The maximum atomic E-state index is 14.2. The summed E-state index contributed by atoms with van der Waals surface area (Å²) in [4.78, 5) is 42.3. The summed E-state index contributed by atoms with van der Waals surface area (Å²) in [7, 11) is 1.46. The van der Waals surface area contributed by atoms with Crippen molar-refractivity contribution in [1.82, 2.24) is 10.6 Å². The number of hydrogen-bond donors (Lipinski definition) is 2. The van der Waals surface area contributed by atoms with Gasteiger partial charge in [0.2, 0.25) is 5.91 Å². The molecule has 0 saturated heterocycles. The molecule has 0 aromatic heterocycles. The van der Waals surface area contributed by atoms with Crippen LogP contribution in [0.5, 0.6) is 0 Å². The molecule has 0 unspecified atom stereocenters. The van der Waals surface area contributed by atoms with E-state index in [1.165, 1.54) is 68.3 Å². The molecule has 7 nitrogen and oxygen atoms in total. The summed E-state index contributed by atoms with van der Waals surface area (Å²) < 4.78 is 41.5. The first-order chi connectivity index (χ1) is 18.4. The van der Waals surface area contributed by atoms with Crippen LogP contribution < -0.4 is 20.4 Å². The minimum Gasteiger partial charge on any atom is -0.363 e. The van der Waals surface area contributed by atoms with Gasteiger partial charge in [0.1, 0.15) is 29.0 Å². The number of nitrogens with zero attached hydrogens (tertiary/aromatic N) is 2. The number of carbonyl (C=O) groups excluding carboxylic acids is 3. The van der Waals surface area contributed by atoms with Gasteiger partial charge in [0.15, 0.2) is 0 Å². The van der Waals surface area contributed by atoms with Gasteiger partial charge in [0.25, 0.3) is 11.8 Å². The van der Waals surface area contributed by atoms with Crippen molar-refractivity contribution in [3.05, 3.63) is 94.3 Å². The van der Waals surface area contributed by atoms with E-state index in [-0.39, 0.29) is 29.4 Å². The molecule has 0 aliphatic carbocycles. The molecular formula is C28H26ClF3N4O3. The Hall–Kier alpha value is -4.05. The van der Waals surface area contributed by atoms with Gasteiger partial charge in [-0.3, -0.25) is 14.4 Å². The van der Waals surface area contributed by atoms with Gasteiger partial charge >= 0.3 is 0 Å². The van der Waals surface area contributed by atoms with Gasteiger partial charge in [-0.2, -0.15) is 0 Å². The lowest BCUT2D eigenvalue weighted by Crippen LogP contribution is -2.60. The van der Waals surface area contributed by atoms with E-state index in [0.717, 1.165) is 12.1 Å². The third-order valence-corrected chi connectivity index (χ3v) is 6.74. The Balaban J connectivity index is 1.59. The van der Waals surface area contributed by atoms with Crippen LogP contribution in [0, 0.1) is 17.5 Å². The lowest BCUT2D eigenvalue weighted by Gasteiger charge is -2.30. The van der Waals surface area contributed by atoms with E-state index in [2.05, 4.69) is 10.6 Å². The highest BCUT2D eigenvalue weighted by molar-refractivity contribution is 6.30. The van der Waals surface area contributed by atoms with Crippen LogP contribution >= 0.6 is 11.6 Å². The van der Waals surface area contributed by atoms with E-state index in [9.17, 15) is 27.6 Å². The Morgan fingerprint density at radius 2 is 1.64 bits per heavy atom. The average molecular weight is 559 g/mol. The van der Waals surface area contributed by atoms with E-state index in [1.54, 1.807) is 11.0 Å². The zero-order valence-corrected chi connectivity index (χ0v) is 22.2. The summed E-state index contributed by atoms with van der Waals surface area (Å²) in [5.74, 6) is -3.45. The van der Waals surface area contributed by atoms with Crippen molar-refractivity contribution >= 4 is 40.7 Å². The minimum atomic E-state index is -1.46. The first-order valence-electron chi connectivity index (χ1n) is 12.0. The molecule has 11 heteroatoms. The summed E-state index contributed by atoms with van der Waals surface area (Å²) in [5, 5.41) is 5.25. The van der Waals surface area contributed by atoms with Crippen molar-refractivity contribution in [3.8, 4) is 0 Å². The van der Waals surface area contributed by atoms with Crippen LogP contribution in [-0.4, -0.2) is 42.9 Å². The average Bonchev–Trinajstić information content (AvgIpc) is 2.97. The molecule has 204 valence electrons. The molecule has 1 heterocycles. The first-order valence-corrected chi connectivity index (χ1v) is 12.4. The van der Waals surface area contributed by atoms with Gasteiger partial charge in [-0.25, -0.2) is 13.2 Å². The summed E-state index contributed by atoms with van der Waals surface area (Å²) in [6.45, 7) is 3.03. The van der Waals surface area contributed by atoms with Crippen molar-refractivity contribution in [1.29, 1.82) is 0 Å². The number of fused-ring (bicyclic) bond motifs is 1. The van der Waals surface area contributed by atoms with Gasteiger partial charge in [-0.1, -0.05) is 17.7 Å². The Bertz CT molecular complexity index is 1430. The Morgan fingerprint density at radius 1 is 0.974 bits per heavy atom. The third-order valence-electron chi connectivity index (χ3n) is 6.43. The predicted molar refractivity (Wildman–Crippen MR) is 142 cm³/mol. The number of benzene rings is 3. The van der Waals surface area contributed by atoms with Crippen LogP contribution in [0.25, 0.3) is 0 Å². The van der Waals surface area contributed by atoms with Crippen molar-refractivity contribution in [3.63, 3.8) is 0 Å². The number of amides is 3. The quantitative estimate of drug-likeness (QED) is 0.469. The van der Waals surface area contributed by atoms with Crippen LogP contribution in [0.3, 0.4) is 0 Å². The highest BCUT2D eigenvalue weighted by Crippen LogP contribution is 2.34. The van der Waals surface area contributed by atoms with Crippen LogP contribution in [0.2, 0.25) is 5.02 Å². The number of rotatable bonds is 6. The number of halogens is 4. The molecule has 3 aromatic rings. The molecule has 0 bridgehead atoms. The van der Waals surface area contributed by atoms with E-state index in [4.69, 9.17) is 11.6 Å². The Labute approximate surface area is 228 Å². The van der Waals surface area contributed by atoms with Crippen LogP contribution in [0.1, 0.15) is 29.8 Å². The summed E-state index contributed by atoms with van der Waals surface area (Å²) in [5.41, 5.74) is 0.0144. The number of carbonyl (C=O) groups is 3. The highest BCUT2D eigenvalue weighted by Gasteiger charge is 2.37. The SMILES string of the molecule is CN1C(=O)[C@H](NC(=O)C(C)(C)NC(=O)c2ccc(F)cc2)CN(Cc2ccc(Cl)c(F)c2)c2ccc(F)cc21. The summed E-state index contributed by atoms with van der Waals surface area (Å²) in [6, 6.07) is 12.0. The molecule has 0 radical (unpaired) electrons. The fourth-order valence-electron chi connectivity index (χ4n) is 4.25. The first kappa shape index (κ1) is 28.0. The van der Waals surface area contributed by atoms with Crippen molar-refractivity contribution < 1.29 is 27.6 Å². The molecule has 1 aliphatic heterocycles. The molecule has 4 rings (SSSR count). The second-order valence-corrected chi connectivity index (χ2v) is 10.2. The topological polar surface area (TPSA) is 81.8 Å². The maximum absolute atomic E-state index is 14.2. The van der Waals surface area contributed by atoms with Crippen LogP contribution in [0.15, 0.2) is 60.7 Å². The molecular weight excluding hydrogens is 533 g/mol. The lowest BCUT2D eigenvalue weighted by molar-refractivity contribution is -0.130. The second kappa shape index (κ2) is 11.0. The molecule has 0 saturated carbocycles. The largest absolute Gasteiger partial charge is 0.363 e. The molecule has 3 amide bonds. The lowest BCUT2D eigenvalue weighted by atomic mass is 10.0. The van der Waals surface area contributed by atoms with E-state index in [0.29, 0.717) is 11.3 Å². The fraction of sp³-hybridized carbons (Fsp3) is 0.250. The molecule has 39 heavy (non-hydrogen) atoms. The van der Waals surface area contributed by atoms with E-state index in [1.807, 2.05) is 0 Å². The Morgan fingerprint density at radius 3 is 2.31 bits per heavy atom. The fourth-order valence-corrected chi connectivity index (χ4v) is 4.37. The third kappa shape index (κ3) is 6.17. The summed E-state index contributed by atoms with van der Waals surface area (Å²) in [6.07, 6.45) is 0. The normalized spacial score (nSPS) is 15.5. The number of likely N-dealkylation sites (N-methyl/N-ethyl adjacent to an activating group) is 1. The molecule has 3 aromatic carbocycles. The van der Waals surface area contributed by atoms with Crippen molar-refractivity contribution in [2.45, 2.75) is 32.0 Å². The smallest absolute Gasteiger partial charge is 0.252 e. The van der Waals surface area contributed by atoms with Gasteiger partial charge in [-0.15, -0.1) is 0 Å². The second-order valence-electron chi connectivity index (χ2n) is 9.77. The standard InChI is InChI=1S/C28H26ClF3N4O3/c1-28(2,34-25(37)17-5-7-18(30)8-6-17)27(39)33-22-15-36(14-16-4-10-20(29)21(32)12-16)23-11-9-19(31)13-24(23)35(3)26(22)38/h4-13,22H,14-15H2,1-3H3,(H,33,39)(H,34,37)/t22-/m1/s1. The highest BCUT2D eigenvalue weighted by atomic mass is 35.5. The van der Waals surface area contributed by atoms with Gasteiger partial charge in [-0.05, 0) is 74.0 Å². The summed E-state index contributed by atoms with van der Waals surface area (Å²) >= 11 is 5.82. The van der Waals surface area contributed by atoms with Crippen LogP contribution in [0.4, 0.5) is 24.5 Å². The number of anilines is 2. The number of nitrogens with one attached hydrogen (secondary N) is 2.